The molecule has 1 aliphatic heterocycles. The second kappa shape index (κ2) is 7.04. The monoisotopic (exact) mass is 374 g/mol. The topological polar surface area (TPSA) is 84.8 Å². The number of nitrogens with one attached hydrogen (secondary N) is 1. The molecule has 0 aromatic heterocycles. The molecular formula is C13H15BrN2O4S. The predicted octanol–water partition coefficient (Wildman–Crippen LogP) is 1.10. The molecule has 1 aromatic carbocycles. The summed E-state index contributed by atoms with van der Waals surface area (Å²) in [5.74, 6) is -0.244. The molecule has 0 spiro atoms. The van der Waals surface area contributed by atoms with Crippen molar-refractivity contribution in [3.63, 3.8) is 0 Å². The molecular weight excluding hydrogens is 360 g/mol. The van der Waals surface area contributed by atoms with E-state index in [1.807, 2.05) is 24.3 Å². The fourth-order valence-corrected chi connectivity index (χ4v) is 3.86. The average molecular weight is 375 g/mol. The molecule has 21 heavy (non-hydrogen) atoms. The first-order chi connectivity index (χ1) is 9.94. The smallest absolute Gasteiger partial charge is 0.261 e. The highest BCUT2D eigenvalue weighted by Gasteiger charge is 2.28. The molecule has 1 aromatic rings. The quantitative estimate of drug-likeness (QED) is 0.617. The first kappa shape index (κ1) is 16.0. The molecule has 1 aliphatic rings. The SMILES string of the molecule is O=C(CO/N=C\c1ccc(Br)cc1)N[C@H]1CCS(=O)(=O)C1. The van der Waals surface area contributed by atoms with Crippen molar-refractivity contribution in [3.8, 4) is 0 Å². The van der Waals surface area contributed by atoms with Gasteiger partial charge in [0.25, 0.3) is 5.91 Å². The largest absolute Gasteiger partial charge is 0.386 e. The third kappa shape index (κ3) is 5.47. The van der Waals surface area contributed by atoms with Crippen molar-refractivity contribution in [1.29, 1.82) is 0 Å². The number of carbonyl (C=O) groups excluding carboxylic acids is 1. The van der Waals surface area contributed by atoms with E-state index in [1.165, 1.54) is 6.21 Å². The zero-order valence-electron chi connectivity index (χ0n) is 11.2. The Bertz CT molecular complexity index is 628. The zero-order valence-corrected chi connectivity index (χ0v) is 13.6. The molecule has 114 valence electrons. The Hall–Kier alpha value is -1.41. The summed E-state index contributed by atoms with van der Waals surface area (Å²) < 4.78 is 23.5. The molecule has 6 nitrogen and oxygen atoms in total. The Morgan fingerprint density at radius 3 is 2.76 bits per heavy atom. The number of nitrogens with zero attached hydrogens (tertiary/aromatic N) is 1. The summed E-state index contributed by atoms with van der Waals surface area (Å²) >= 11 is 3.32. The number of oxime groups is 1. The molecule has 1 atom stereocenters. The Morgan fingerprint density at radius 1 is 1.43 bits per heavy atom. The lowest BCUT2D eigenvalue weighted by Crippen LogP contribution is -2.37. The Kier molecular flexibility index (Phi) is 5.35. The van der Waals surface area contributed by atoms with Crippen molar-refractivity contribution in [2.45, 2.75) is 12.5 Å². The van der Waals surface area contributed by atoms with Crippen LogP contribution >= 0.6 is 15.9 Å². The number of benzene rings is 1. The fourth-order valence-electron chi connectivity index (χ4n) is 1.92. The summed E-state index contributed by atoms with van der Waals surface area (Å²) in [6.45, 7) is -0.233. The van der Waals surface area contributed by atoms with Crippen molar-refractivity contribution >= 4 is 37.9 Å². The first-order valence-electron chi connectivity index (χ1n) is 6.35. The maximum atomic E-state index is 11.6. The highest BCUT2D eigenvalue weighted by atomic mass is 79.9. The summed E-state index contributed by atoms with van der Waals surface area (Å²) in [7, 11) is -2.99. The second-order valence-electron chi connectivity index (χ2n) is 4.73. The van der Waals surface area contributed by atoms with Crippen molar-refractivity contribution in [1.82, 2.24) is 5.32 Å². The Morgan fingerprint density at radius 2 is 2.14 bits per heavy atom. The van der Waals surface area contributed by atoms with Gasteiger partial charge in [-0.2, -0.15) is 0 Å². The zero-order chi connectivity index (χ0) is 15.3. The second-order valence-corrected chi connectivity index (χ2v) is 7.87. The van der Waals surface area contributed by atoms with Gasteiger partial charge < -0.3 is 10.2 Å². The molecule has 1 saturated heterocycles. The number of carbonyl (C=O) groups is 1. The Labute approximate surface area is 131 Å². The maximum absolute atomic E-state index is 11.6. The van der Waals surface area contributed by atoms with Gasteiger partial charge in [0, 0.05) is 10.5 Å². The lowest BCUT2D eigenvalue weighted by atomic mass is 10.2. The van der Waals surface area contributed by atoms with Crippen LogP contribution in [0.25, 0.3) is 0 Å². The van der Waals surface area contributed by atoms with Crippen molar-refractivity contribution in [2.75, 3.05) is 18.1 Å². The van der Waals surface area contributed by atoms with Crippen LogP contribution in [0.15, 0.2) is 33.9 Å². The molecule has 1 N–H and O–H groups in total. The molecule has 8 heteroatoms. The fraction of sp³-hybridized carbons (Fsp3) is 0.385. The molecule has 0 aliphatic carbocycles. The molecule has 2 rings (SSSR count). The van der Waals surface area contributed by atoms with E-state index < -0.39 is 9.84 Å². The van der Waals surface area contributed by atoms with Gasteiger partial charge in [0.2, 0.25) is 0 Å². The summed E-state index contributed by atoms with van der Waals surface area (Å²) in [4.78, 5) is 16.4. The van der Waals surface area contributed by atoms with Crippen LogP contribution in [0.3, 0.4) is 0 Å². The Balaban J connectivity index is 1.71. The predicted molar refractivity (Wildman–Crippen MR) is 82.9 cm³/mol. The number of halogens is 1. The lowest BCUT2D eigenvalue weighted by molar-refractivity contribution is -0.126. The van der Waals surface area contributed by atoms with Crippen molar-refractivity contribution in [3.05, 3.63) is 34.3 Å². The lowest BCUT2D eigenvalue weighted by Gasteiger charge is -2.09. The van der Waals surface area contributed by atoms with Crippen LogP contribution in [0.5, 0.6) is 0 Å². The number of sulfone groups is 1. The van der Waals surface area contributed by atoms with Gasteiger partial charge in [-0.25, -0.2) is 8.42 Å². The summed E-state index contributed by atoms with van der Waals surface area (Å²) in [5, 5.41) is 6.31. The van der Waals surface area contributed by atoms with Gasteiger partial charge in [-0.05, 0) is 24.1 Å². The molecule has 0 radical (unpaired) electrons. The van der Waals surface area contributed by atoms with Gasteiger partial charge >= 0.3 is 0 Å². The maximum Gasteiger partial charge on any atom is 0.261 e. The van der Waals surface area contributed by atoms with E-state index in [-0.39, 0.29) is 30.1 Å². The number of hydrogen-bond donors (Lipinski definition) is 1. The van der Waals surface area contributed by atoms with Crippen LogP contribution < -0.4 is 5.32 Å². The minimum absolute atomic E-state index is 0.000894. The van der Waals surface area contributed by atoms with Gasteiger partial charge in [0.15, 0.2) is 16.4 Å². The molecule has 0 bridgehead atoms. The van der Waals surface area contributed by atoms with E-state index in [2.05, 4.69) is 26.4 Å². The van der Waals surface area contributed by atoms with Crippen LogP contribution in [0.4, 0.5) is 0 Å². The van der Waals surface area contributed by atoms with E-state index >= 15 is 0 Å². The van der Waals surface area contributed by atoms with E-state index in [4.69, 9.17) is 4.84 Å². The number of hydrogen-bond acceptors (Lipinski definition) is 5. The van der Waals surface area contributed by atoms with Gasteiger partial charge in [-0.1, -0.05) is 33.2 Å². The van der Waals surface area contributed by atoms with Crippen LogP contribution in [0, 0.1) is 0 Å². The molecule has 1 heterocycles. The number of rotatable bonds is 5. The number of amides is 1. The van der Waals surface area contributed by atoms with Gasteiger partial charge in [-0.3, -0.25) is 4.79 Å². The van der Waals surface area contributed by atoms with Gasteiger partial charge in [-0.15, -0.1) is 0 Å². The van der Waals surface area contributed by atoms with Crippen LogP contribution in [0.1, 0.15) is 12.0 Å². The highest BCUT2D eigenvalue weighted by Crippen LogP contribution is 2.11. The minimum Gasteiger partial charge on any atom is -0.386 e. The van der Waals surface area contributed by atoms with Crippen LogP contribution in [-0.2, 0) is 19.5 Å². The normalized spacial score (nSPS) is 20.5. The standard InChI is InChI=1S/C13H15BrN2O4S/c14-11-3-1-10(2-4-11)7-15-20-8-13(17)16-12-5-6-21(18,19)9-12/h1-4,7,12H,5-6,8-9H2,(H,16,17)/b15-7-/t12-/m0/s1. The van der Waals surface area contributed by atoms with Crippen LogP contribution in [0.2, 0.25) is 0 Å². The minimum atomic E-state index is -2.99. The van der Waals surface area contributed by atoms with Crippen molar-refractivity contribution < 1.29 is 18.0 Å². The van der Waals surface area contributed by atoms with Gasteiger partial charge in [0.1, 0.15) is 0 Å². The van der Waals surface area contributed by atoms with E-state index in [1.54, 1.807) is 0 Å². The van der Waals surface area contributed by atoms with Gasteiger partial charge in [0.05, 0.1) is 17.7 Å². The summed E-state index contributed by atoms with van der Waals surface area (Å²) in [5.41, 5.74) is 0.848. The first-order valence-corrected chi connectivity index (χ1v) is 8.97. The molecule has 1 amide bonds. The van der Waals surface area contributed by atoms with E-state index in [0.29, 0.717) is 6.42 Å². The average Bonchev–Trinajstić information content (AvgIpc) is 2.76. The van der Waals surface area contributed by atoms with E-state index in [9.17, 15) is 13.2 Å². The third-order valence-electron chi connectivity index (χ3n) is 2.94. The van der Waals surface area contributed by atoms with E-state index in [0.717, 1.165) is 10.0 Å². The summed E-state index contributed by atoms with van der Waals surface area (Å²) in [6.07, 6.45) is 1.95. The third-order valence-corrected chi connectivity index (χ3v) is 5.24. The molecule has 1 fully saturated rings. The molecule has 0 saturated carbocycles. The molecule has 0 unspecified atom stereocenters. The van der Waals surface area contributed by atoms with Crippen molar-refractivity contribution in [2.24, 2.45) is 5.16 Å². The van der Waals surface area contributed by atoms with Crippen LogP contribution in [-0.4, -0.2) is 44.7 Å². The summed E-state index contributed by atoms with van der Waals surface area (Å²) in [6, 6.07) is 7.12. The highest BCUT2D eigenvalue weighted by molar-refractivity contribution is 9.10.